The molecule has 2 aromatic rings. The molecular weight excluding hydrogens is 398 g/mol. The molecule has 1 aromatic carbocycles. The van der Waals surface area contributed by atoms with E-state index in [-0.39, 0.29) is 24.3 Å². The van der Waals surface area contributed by atoms with E-state index in [0.717, 1.165) is 17.8 Å². The van der Waals surface area contributed by atoms with Gasteiger partial charge in [-0.3, -0.25) is 14.9 Å². The molecule has 0 spiro atoms. The molecule has 0 atom stereocenters. The minimum absolute atomic E-state index is 0.0363. The van der Waals surface area contributed by atoms with Gasteiger partial charge in [-0.25, -0.2) is 4.79 Å². The van der Waals surface area contributed by atoms with Gasteiger partial charge in [-0.05, 0) is 23.9 Å². The smallest absolute Gasteiger partial charge is 0.338 e. The number of nitro groups is 1. The first-order chi connectivity index (χ1) is 13.9. The maximum Gasteiger partial charge on any atom is 0.338 e. The first kappa shape index (κ1) is 21.8. The van der Waals surface area contributed by atoms with Crippen LogP contribution in [0.4, 0.5) is 5.69 Å². The van der Waals surface area contributed by atoms with Crippen molar-refractivity contribution in [2.24, 2.45) is 7.05 Å². The molecule has 0 aliphatic rings. The van der Waals surface area contributed by atoms with E-state index in [0.29, 0.717) is 10.1 Å². The van der Waals surface area contributed by atoms with Crippen molar-refractivity contribution < 1.29 is 19.2 Å². The Morgan fingerprint density at radius 2 is 2.03 bits per heavy atom. The Balaban J connectivity index is 2.12. The summed E-state index contributed by atoms with van der Waals surface area (Å²) in [6, 6.07) is 3.93. The highest BCUT2D eigenvalue weighted by atomic mass is 32.2. The zero-order chi connectivity index (χ0) is 21.4. The maximum atomic E-state index is 12.3. The molecule has 1 heterocycles. The number of carbonyl (C=O) groups is 2. The van der Waals surface area contributed by atoms with Crippen molar-refractivity contribution in [3.8, 4) is 0 Å². The van der Waals surface area contributed by atoms with Crippen LogP contribution in [-0.4, -0.2) is 56.2 Å². The second kappa shape index (κ2) is 10.2. The van der Waals surface area contributed by atoms with Gasteiger partial charge < -0.3 is 14.2 Å². The maximum absolute atomic E-state index is 12.3. The lowest BCUT2D eigenvalue weighted by molar-refractivity contribution is -0.387. The minimum atomic E-state index is -0.839. The van der Waals surface area contributed by atoms with Gasteiger partial charge in [0.15, 0.2) is 11.8 Å². The number of aryl methyl sites for hydroxylation is 1. The molecule has 10 nitrogen and oxygen atoms in total. The topological polar surface area (TPSA) is 120 Å². The van der Waals surface area contributed by atoms with Crippen LogP contribution in [0.2, 0.25) is 0 Å². The van der Waals surface area contributed by atoms with Gasteiger partial charge in [-0.15, -0.1) is 23.4 Å². The molecule has 29 heavy (non-hydrogen) atoms. The molecule has 152 valence electrons. The monoisotopic (exact) mass is 417 g/mol. The molecule has 1 amide bonds. The molecule has 0 bridgehead atoms. The Morgan fingerprint density at radius 3 is 2.59 bits per heavy atom. The standard InChI is InChI=1S/C18H19N5O5S/c1-4-8-22(9-5-2)16(24)11-28-17(25)13-6-7-15(14(10-13)23(26)27)29-18-20-19-12-21(18)3/h4-7,10,12H,1-2,8-9,11H2,3H3. The number of nitrogens with zero attached hydrogens (tertiary/aromatic N) is 5. The van der Waals surface area contributed by atoms with Crippen LogP contribution < -0.4 is 0 Å². The number of esters is 1. The van der Waals surface area contributed by atoms with E-state index in [1.54, 1.807) is 23.8 Å². The zero-order valence-electron chi connectivity index (χ0n) is 15.7. The largest absolute Gasteiger partial charge is 0.452 e. The summed E-state index contributed by atoms with van der Waals surface area (Å²) in [6.45, 7) is 7.19. The van der Waals surface area contributed by atoms with E-state index in [1.165, 1.54) is 23.4 Å². The van der Waals surface area contributed by atoms with E-state index >= 15 is 0 Å². The lowest BCUT2D eigenvalue weighted by Crippen LogP contribution is -2.35. The summed E-state index contributed by atoms with van der Waals surface area (Å²) >= 11 is 1.05. The van der Waals surface area contributed by atoms with Crippen molar-refractivity contribution in [2.75, 3.05) is 19.7 Å². The summed E-state index contributed by atoms with van der Waals surface area (Å²) < 4.78 is 6.62. The van der Waals surface area contributed by atoms with Gasteiger partial charge >= 0.3 is 5.97 Å². The highest BCUT2D eigenvalue weighted by molar-refractivity contribution is 7.99. The van der Waals surface area contributed by atoms with Crippen LogP contribution in [0.15, 0.2) is 59.9 Å². The van der Waals surface area contributed by atoms with E-state index < -0.39 is 23.4 Å². The lowest BCUT2D eigenvalue weighted by Gasteiger charge is -2.18. The van der Waals surface area contributed by atoms with Crippen molar-refractivity contribution in [3.05, 3.63) is 65.5 Å². The fourth-order valence-corrected chi connectivity index (χ4v) is 3.08. The Kier molecular flexibility index (Phi) is 7.66. The first-order valence-corrected chi connectivity index (χ1v) is 9.16. The Labute approximate surface area is 171 Å². The second-order valence-electron chi connectivity index (χ2n) is 5.72. The number of hydrogen-bond acceptors (Lipinski definition) is 8. The van der Waals surface area contributed by atoms with Crippen LogP contribution in [0.3, 0.4) is 0 Å². The number of ether oxygens (including phenoxy) is 1. The lowest BCUT2D eigenvalue weighted by atomic mass is 10.2. The Bertz CT molecular complexity index is 932. The molecular formula is C18H19N5O5S. The molecule has 0 N–H and O–H groups in total. The van der Waals surface area contributed by atoms with Gasteiger partial charge in [-0.1, -0.05) is 12.2 Å². The van der Waals surface area contributed by atoms with Crippen molar-refractivity contribution in [2.45, 2.75) is 10.1 Å². The molecule has 2 rings (SSSR count). The number of nitro benzene ring substituents is 1. The minimum Gasteiger partial charge on any atom is -0.452 e. The predicted molar refractivity (Wildman–Crippen MR) is 105 cm³/mol. The summed E-state index contributed by atoms with van der Waals surface area (Å²) in [7, 11) is 1.71. The van der Waals surface area contributed by atoms with Crippen LogP contribution in [0.5, 0.6) is 0 Å². The summed E-state index contributed by atoms with van der Waals surface area (Å²) in [5.41, 5.74) is -0.315. The summed E-state index contributed by atoms with van der Waals surface area (Å²) in [4.78, 5) is 36.9. The van der Waals surface area contributed by atoms with E-state index in [9.17, 15) is 19.7 Å². The third-order valence-electron chi connectivity index (χ3n) is 3.64. The van der Waals surface area contributed by atoms with E-state index in [1.807, 2.05) is 0 Å². The Morgan fingerprint density at radius 1 is 1.34 bits per heavy atom. The fraction of sp³-hybridized carbons (Fsp3) is 0.222. The number of rotatable bonds is 10. The molecule has 0 saturated heterocycles. The number of amides is 1. The molecule has 11 heteroatoms. The van der Waals surface area contributed by atoms with Crippen molar-refractivity contribution >= 4 is 29.3 Å². The molecule has 0 fully saturated rings. The number of carbonyl (C=O) groups excluding carboxylic acids is 2. The normalized spacial score (nSPS) is 10.2. The van der Waals surface area contributed by atoms with Gasteiger partial charge in [0.25, 0.3) is 11.6 Å². The Hall–Kier alpha value is -3.47. The second-order valence-corrected chi connectivity index (χ2v) is 6.73. The van der Waals surface area contributed by atoms with Gasteiger partial charge in [0.1, 0.15) is 6.33 Å². The molecule has 1 aromatic heterocycles. The molecule has 0 unspecified atom stereocenters. The van der Waals surface area contributed by atoms with Crippen molar-refractivity contribution in [1.29, 1.82) is 0 Å². The summed E-state index contributed by atoms with van der Waals surface area (Å²) in [6.07, 6.45) is 4.55. The van der Waals surface area contributed by atoms with Crippen LogP contribution >= 0.6 is 11.8 Å². The highest BCUT2D eigenvalue weighted by Crippen LogP contribution is 2.34. The van der Waals surface area contributed by atoms with Gasteiger partial charge in [-0.2, -0.15) is 0 Å². The van der Waals surface area contributed by atoms with Crippen molar-refractivity contribution in [3.63, 3.8) is 0 Å². The number of aromatic nitrogens is 3. The van der Waals surface area contributed by atoms with Crippen LogP contribution in [-0.2, 0) is 16.6 Å². The average molecular weight is 417 g/mol. The van der Waals surface area contributed by atoms with Gasteiger partial charge in [0.2, 0.25) is 0 Å². The molecule has 0 aliphatic carbocycles. The fourth-order valence-electron chi connectivity index (χ4n) is 2.23. The number of benzene rings is 1. The quantitative estimate of drug-likeness (QED) is 0.250. The average Bonchev–Trinajstić information content (AvgIpc) is 3.10. The first-order valence-electron chi connectivity index (χ1n) is 8.34. The SMILES string of the molecule is C=CCN(CC=C)C(=O)COC(=O)c1ccc(Sc2nncn2C)c([N+](=O)[O-])c1. The van der Waals surface area contributed by atoms with Gasteiger partial charge in [0.05, 0.1) is 15.4 Å². The third kappa shape index (κ3) is 5.75. The highest BCUT2D eigenvalue weighted by Gasteiger charge is 2.21. The number of hydrogen-bond donors (Lipinski definition) is 0. The molecule has 0 saturated carbocycles. The summed E-state index contributed by atoms with van der Waals surface area (Å²) in [5, 5.41) is 19.5. The van der Waals surface area contributed by atoms with E-state index in [4.69, 9.17) is 4.74 Å². The van der Waals surface area contributed by atoms with Crippen molar-refractivity contribution in [1.82, 2.24) is 19.7 Å². The van der Waals surface area contributed by atoms with Crippen LogP contribution in [0.25, 0.3) is 0 Å². The van der Waals surface area contributed by atoms with Gasteiger partial charge in [0, 0.05) is 26.2 Å². The predicted octanol–water partition coefficient (Wildman–Crippen LogP) is 2.23. The third-order valence-corrected chi connectivity index (χ3v) is 4.76. The molecule has 0 radical (unpaired) electrons. The zero-order valence-corrected chi connectivity index (χ0v) is 16.5. The van der Waals surface area contributed by atoms with Crippen LogP contribution in [0.1, 0.15) is 10.4 Å². The van der Waals surface area contributed by atoms with E-state index in [2.05, 4.69) is 23.4 Å². The molecule has 0 aliphatic heterocycles. The summed E-state index contributed by atoms with van der Waals surface area (Å²) in [5.74, 6) is -1.27. The van der Waals surface area contributed by atoms with Crippen LogP contribution in [0, 0.1) is 10.1 Å².